The van der Waals surface area contributed by atoms with Crippen LogP contribution >= 0.6 is 0 Å². The highest BCUT2D eigenvalue weighted by molar-refractivity contribution is 6.58. The molecule has 0 radical (unpaired) electrons. The average molecular weight is 309 g/mol. The molecule has 2 rings (SSSR count). The third-order valence-corrected chi connectivity index (χ3v) is 2.74. The molecule has 0 aliphatic rings. The Bertz CT molecular complexity index is 818. The predicted octanol–water partition coefficient (Wildman–Crippen LogP) is -1.26. The topological polar surface area (TPSA) is 96.1 Å². The van der Waals surface area contributed by atoms with Crippen LogP contribution in [0, 0.1) is 17.1 Å². The van der Waals surface area contributed by atoms with Crippen molar-refractivity contribution in [1.29, 1.82) is 5.26 Å². The number of rotatable bonds is 4. The lowest BCUT2D eigenvalue weighted by Gasteiger charge is -2.24. The zero-order valence-electron chi connectivity index (χ0n) is 12.8. The van der Waals surface area contributed by atoms with Crippen molar-refractivity contribution >= 4 is 29.5 Å². The Morgan fingerprint density at radius 1 is 1.35 bits per heavy atom. The molecule has 6 nitrogen and oxygen atoms in total. The Hall–Kier alpha value is -2.82. The smallest absolute Gasteiger partial charge is 0.354 e. The maximum Gasteiger partial charge on any atom is 0.354 e. The number of hydrogen-bond donors (Lipinski definition) is 1. The lowest BCUT2D eigenvalue weighted by Crippen LogP contribution is -2.37. The van der Waals surface area contributed by atoms with Crippen LogP contribution in [-0.2, 0) is 0 Å². The summed E-state index contributed by atoms with van der Waals surface area (Å²) in [5.41, 5.74) is -0.619. The number of carbonyl (C=O) groups is 1. The first-order valence-corrected chi connectivity index (χ1v) is 6.71. The summed E-state index contributed by atoms with van der Waals surface area (Å²) in [6.45, 7) is 0. The van der Waals surface area contributed by atoms with Crippen molar-refractivity contribution in [2.24, 2.45) is 0 Å². The van der Waals surface area contributed by atoms with E-state index in [1.54, 1.807) is 29.6 Å². The maximum atomic E-state index is 14.6. The summed E-state index contributed by atoms with van der Waals surface area (Å²) in [5, 5.41) is 17.4. The first kappa shape index (κ1) is 16.6. The summed E-state index contributed by atoms with van der Waals surface area (Å²) in [6, 6.07) is 5.66. The summed E-state index contributed by atoms with van der Waals surface area (Å²) in [5.74, 6) is -2.13. The molecule has 1 aromatic heterocycles. The Labute approximate surface area is 134 Å². The van der Waals surface area contributed by atoms with E-state index < -0.39 is 17.1 Å². The zero-order valence-corrected chi connectivity index (χ0v) is 12.8. The molecule has 1 N–H and O–H groups in total. The molecule has 0 aliphatic carbocycles. The molecule has 0 saturated carbocycles. The number of aromatic nitrogens is 2. The van der Waals surface area contributed by atoms with E-state index in [0.717, 1.165) is 0 Å². The normalized spacial score (nSPS) is 10.8. The van der Waals surface area contributed by atoms with E-state index in [4.69, 9.17) is 15.1 Å². The number of hydrogen-bond acceptors (Lipinski definition) is 5. The fourth-order valence-corrected chi connectivity index (χ4v) is 1.87. The van der Waals surface area contributed by atoms with Gasteiger partial charge in [0.2, 0.25) is 0 Å². The van der Waals surface area contributed by atoms with Gasteiger partial charge in [0.05, 0.1) is 11.1 Å². The van der Waals surface area contributed by atoms with Crippen molar-refractivity contribution in [3.63, 3.8) is 0 Å². The van der Waals surface area contributed by atoms with Crippen LogP contribution in [0.3, 0.4) is 0 Å². The Morgan fingerprint density at radius 3 is 2.61 bits per heavy atom. The summed E-state index contributed by atoms with van der Waals surface area (Å²) in [4.78, 5) is 18.8. The monoisotopic (exact) mass is 309 g/mol. The van der Waals surface area contributed by atoms with Crippen molar-refractivity contribution in [3.8, 4) is 23.2 Å². The van der Waals surface area contributed by atoms with Crippen LogP contribution < -0.4 is 4.74 Å². The van der Waals surface area contributed by atoms with Gasteiger partial charge in [-0.15, -0.1) is 0 Å². The van der Waals surface area contributed by atoms with E-state index >= 15 is 0 Å². The highest BCUT2D eigenvalue weighted by Gasteiger charge is 2.23. The summed E-state index contributed by atoms with van der Waals surface area (Å²) >= 11 is 0. The lowest BCUT2D eigenvalue weighted by molar-refractivity contribution is 0.0690. The molecule has 0 saturated heterocycles. The van der Waals surface area contributed by atoms with Gasteiger partial charge in [0.15, 0.2) is 17.3 Å². The molecule has 23 heavy (non-hydrogen) atoms. The number of aromatic carboxylic acids is 1. The minimum atomic E-state index is -1.26. The molecule has 0 spiro atoms. The van der Waals surface area contributed by atoms with Crippen LogP contribution in [0.4, 0.5) is 4.39 Å². The maximum absolute atomic E-state index is 14.6. The van der Waals surface area contributed by atoms with Gasteiger partial charge in [-0.05, 0) is 18.2 Å². The van der Waals surface area contributed by atoms with Crippen LogP contribution in [0.2, 0.25) is 0 Å². The lowest BCUT2D eigenvalue weighted by atomic mass is 9.52. The number of ether oxygens (including phenoxy) is 1. The second kappa shape index (κ2) is 6.12. The van der Waals surface area contributed by atoms with Gasteiger partial charge in [-0.1, -0.05) is 0 Å². The predicted molar refractivity (Wildman–Crippen MR) is 88.1 cm³/mol. The fourth-order valence-electron chi connectivity index (χ4n) is 1.87. The SMILES string of the molecule is BC(B)(B)Oc1ccc(C#N)c(F)c1-c1nccc(C(=O)O)n1. The molecule has 1 heterocycles. The zero-order chi connectivity index (χ0) is 17.2. The minimum Gasteiger partial charge on any atom is -0.513 e. The number of halogens is 1. The van der Waals surface area contributed by atoms with Gasteiger partial charge in [0.25, 0.3) is 0 Å². The second-order valence-corrected chi connectivity index (χ2v) is 5.70. The van der Waals surface area contributed by atoms with E-state index in [1.807, 2.05) is 0 Å². The molecule has 10 heteroatoms. The number of carboxylic acid groups (broad SMARTS) is 1. The third kappa shape index (κ3) is 3.69. The minimum absolute atomic E-state index is 0.136. The van der Waals surface area contributed by atoms with Crippen molar-refractivity contribution < 1.29 is 19.0 Å². The van der Waals surface area contributed by atoms with Gasteiger partial charge in [-0.25, -0.2) is 19.2 Å². The van der Waals surface area contributed by atoms with Crippen LogP contribution in [-0.4, -0.2) is 49.9 Å². The van der Waals surface area contributed by atoms with Gasteiger partial charge < -0.3 is 9.84 Å². The van der Waals surface area contributed by atoms with Crippen LogP contribution in [0.15, 0.2) is 24.4 Å². The van der Waals surface area contributed by atoms with Crippen molar-refractivity contribution in [2.45, 2.75) is 5.30 Å². The molecule has 0 amide bonds. The van der Waals surface area contributed by atoms with Crippen molar-refractivity contribution in [1.82, 2.24) is 9.97 Å². The van der Waals surface area contributed by atoms with E-state index in [9.17, 15) is 9.18 Å². The molecule has 0 bridgehead atoms. The third-order valence-electron chi connectivity index (χ3n) is 2.74. The van der Waals surface area contributed by atoms with Crippen LogP contribution in [0.1, 0.15) is 16.1 Å². The Kier molecular flexibility index (Phi) is 4.41. The fraction of sp³-hybridized carbons (Fsp3) is 0.0769. The Morgan fingerprint density at radius 2 is 2.04 bits per heavy atom. The van der Waals surface area contributed by atoms with Crippen LogP contribution in [0.25, 0.3) is 11.4 Å². The van der Waals surface area contributed by atoms with E-state index in [-0.39, 0.29) is 28.4 Å². The molecule has 1 aromatic carbocycles. The van der Waals surface area contributed by atoms with Crippen molar-refractivity contribution in [3.05, 3.63) is 41.5 Å². The average Bonchev–Trinajstić information content (AvgIpc) is 2.46. The molecule has 2 aromatic rings. The van der Waals surface area contributed by atoms with Gasteiger partial charge in [0, 0.05) is 11.5 Å². The highest BCUT2D eigenvalue weighted by atomic mass is 19.1. The molecule has 112 valence electrons. The second-order valence-electron chi connectivity index (χ2n) is 5.70. The molecular formula is C13H11B3FN3O3. The van der Waals surface area contributed by atoms with Crippen LogP contribution in [0.5, 0.6) is 5.75 Å². The molecule has 0 unspecified atom stereocenters. The Balaban J connectivity index is 2.70. The van der Waals surface area contributed by atoms with Crippen molar-refractivity contribution in [2.75, 3.05) is 0 Å². The molecule has 0 aliphatic heterocycles. The number of nitrogens with zero attached hydrogens (tertiary/aromatic N) is 3. The largest absolute Gasteiger partial charge is 0.513 e. The quantitative estimate of drug-likeness (QED) is 0.708. The number of nitriles is 1. The summed E-state index contributed by atoms with van der Waals surface area (Å²) in [7, 11) is 5.34. The first-order valence-electron chi connectivity index (χ1n) is 6.71. The first-order chi connectivity index (χ1) is 10.7. The molecule has 0 fully saturated rings. The van der Waals surface area contributed by atoms with E-state index in [1.165, 1.54) is 24.4 Å². The van der Waals surface area contributed by atoms with Gasteiger partial charge in [-0.3, -0.25) is 0 Å². The molecular weight excluding hydrogens is 298 g/mol. The number of carboxylic acids is 1. The van der Waals surface area contributed by atoms with E-state index in [0.29, 0.717) is 0 Å². The summed E-state index contributed by atoms with van der Waals surface area (Å²) in [6.07, 6.45) is 1.21. The van der Waals surface area contributed by atoms with Gasteiger partial charge in [0.1, 0.15) is 35.4 Å². The number of benzene rings is 1. The van der Waals surface area contributed by atoms with Gasteiger partial charge >= 0.3 is 5.97 Å². The summed E-state index contributed by atoms with van der Waals surface area (Å²) < 4.78 is 20.3. The standard InChI is InChI=1S/C13H11B3FN3O3/c14-13(15,16)23-8-2-1-6(5-18)10(17)9(8)11-19-4-3-7(20-11)12(21)22/h1-4H,14-16H2,(H,21,22). The highest BCUT2D eigenvalue weighted by Crippen LogP contribution is 2.33. The van der Waals surface area contributed by atoms with E-state index in [2.05, 4.69) is 9.97 Å². The molecule has 0 atom stereocenters. The van der Waals surface area contributed by atoms with Gasteiger partial charge in [-0.2, -0.15) is 5.26 Å².